The minimum Gasteiger partial charge on any atom is -0.354 e. The molecule has 0 unspecified atom stereocenters. The fourth-order valence-electron chi connectivity index (χ4n) is 1.65. The van der Waals surface area contributed by atoms with Crippen LogP contribution in [0.25, 0.3) is 0 Å². The molecular weight excluding hydrogens is 318 g/mol. The third-order valence-electron chi connectivity index (χ3n) is 2.99. The van der Waals surface area contributed by atoms with Gasteiger partial charge >= 0.3 is 0 Å². The second-order valence-corrected chi connectivity index (χ2v) is 7.85. The van der Waals surface area contributed by atoms with Crippen LogP contribution in [-0.2, 0) is 14.8 Å². The molecule has 128 valence electrons. The molecule has 1 aromatic rings. The molecule has 1 aromatic carbocycles. The van der Waals surface area contributed by atoms with Crippen LogP contribution in [0.2, 0.25) is 0 Å². The van der Waals surface area contributed by atoms with Gasteiger partial charge in [0.25, 0.3) is 5.91 Å². The molecular formula is C15H23N3O4S. The minimum absolute atomic E-state index is 0.0272. The van der Waals surface area contributed by atoms with E-state index in [2.05, 4.69) is 10.6 Å². The SMILES string of the molecule is CC(C)CNC(=O)CNC(=O)c1cccc(S(=O)(=O)N(C)C)c1. The number of nitrogens with zero attached hydrogens (tertiary/aromatic N) is 1. The molecule has 0 radical (unpaired) electrons. The Labute approximate surface area is 137 Å². The van der Waals surface area contributed by atoms with E-state index >= 15 is 0 Å². The Hall–Kier alpha value is -1.93. The summed E-state index contributed by atoms with van der Waals surface area (Å²) in [5.74, 6) is -0.466. The monoisotopic (exact) mass is 341 g/mol. The van der Waals surface area contributed by atoms with Gasteiger partial charge in [0.15, 0.2) is 0 Å². The lowest BCUT2D eigenvalue weighted by Crippen LogP contribution is -2.38. The zero-order chi connectivity index (χ0) is 17.6. The first-order valence-electron chi connectivity index (χ1n) is 7.22. The van der Waals surface area contributed by atoms with E-state index in [1.165, 1.54) is 38.4 Å². The van der Waals surface area contributed by atoms with Gasteiger partial charge in [0.05, 0.1) is 11.4 Å². The van der Waals surface area contributed by atoms with Crippen LogP contribution in [0.15, 0.2) is 29.2 Å². The highest BCUT2D eigenvalue weighted by atomic mass is 32.2. The van der Waals surface area contributed by atoms with Gasteiger partial charge in [0, 0.05) is 26.2 Å². The van der Waals surface area contributed by atoms with Gasteiger partial charge in [-0.2, -0.15) is 0 Å². The maximum absolute atomic E-state index is 12.1. The Morgan fingerprint density at radius 2 is 1.83 bits per heavy atom. The molecule has 2 N–H and O–H groups in total. The highest BCUT2D eigenvalue weighted by Gasteiger charge is 2.18. The van der Waals surface area contributed by atoms with Gasteiger partial charge in [-0.1, -0.05) is 19.9 Å². The summed E-state index contributed by atoms with van der Waals surface area (Å²) in [5.41, 5.74) is 0.185. The highest BCUT2D eigenvalue weighted by molar-refractivity contribution is 7.89. The number of sulfonamides is 1. The topological polar surface area (TPSA) is 95.6 Å². The van der Waals surface area contributed by atoms with Crippen molar-refractivity contribution < 1.29 is 18.0 Å². The normalized spacial score (nSPS) is 11.6. The van der Waals surface area contributed by atoms with Crippen molar-refractivity contribution >= 4 is 21.8 Å². The summed E-state index contributed by atoms with van der Waals surface area (Å²) in [7, 11) is -0.773. The number of benzene rings is 1. The summed E-state index contributed by atoms with van der Waals surface area (Å²) in [6.07, 6.45) is 0. The van der Waals surface area contributed by atoms with Crippen molar-refractivity contribution in [3.8, 4) is 0 Å². The van der Waals surface area contributed by atoms with Gasteiger partial charge in [-0.3, -0.25) is 9.59 Å². The lowest BCUT2D eigenvalue weighted by Gasteiger charge is -2.12. The van der Waals surface area contributed by atoms with Crippen molar-refractivity contribution in [2.45, 2.75) is 18.7 Å². The summed E-state index contributed by atoms with van der Waals surface area (Å²) in [6, 6.07) is 5.69. The quantitative estimate of drug-likeness (QED) is 0.752. The number of carbonyl (C=O) groups is 2. The van der Waals surface area contributed by atoms with E-state index in [0.717, 1.165) is 4.31 Å². The van der Waals surface area contributed by atoms with E-state index in [1.807, 2.05) is 13.8 Å². The first kappa shape index (κ1) is 19.1. The van der Waals surface area contributed by atoms with Crippen molar-refractivity contribution in [1.82, 2.24) is 14.9 Å². The van der Waals surface area contributed by atoms with E-state index in [9.17, 15) is 18.0 Å². The molecule has 0 atom stereocenters. The van der Waals surface area contributed by atoms with Crippen molar-refractivity contribution in [3.63, 3.8) is 0 Å². The maximum atomic E-state index is 12.1. The second kappa shape index (κ2) is 8.07. The number of amides is 2. The molecule has 0 aliphatic carbocycles. The van der Waals surface area contributed by atoms with Gasteiger partial charge < -0.3 is 10.6 Å². The molecule has 8 heteroatoms. The predicted molar refractivity (Wildman–Crippen MR) is 87.5 cm³/mol. The summed E-state index contributed by atoms with van der Waals surface area (Å²) in [6.45, 7) is 4.31. The third-order valence-corrected chi connectivity index (χ3v) is 4.80. The zero-order valence-electron chi connectivity index (χ0n) is 13.8. The lowest BCUT2D eigenvalue weighted by atomic mass is 10.2. The number of hydrogen-bond acceptors (Lipinski definition) is 4. The van der Waals surface area contributed by atoms with Crippen LogP contribution < -0.4 is 10.6 Å². The molecule has 1 rings (SSSR count). The predicted octanol–water partition coefficient (Wildman–Crippen LogP) is 0.439. The van der Waals surface area contributed by atoms with Crippen molar-refractivity contribution in [1.29, 1.82) is 0 Å². The Kier molecular flexibility index (Phi) is 6.71. The van der Waals surface area contributed by atoms with Gasteiger partial charge in [0.1, 0.15) is 0 Å². The molecule has 23 heavy (non-hydrogen) atoms. The average Bonchev–Trinajstić information content (AvgIpc) is 2.50. The van der Waals surface area contributed by atoms with E-state index in [1.54, 1.807) is 0 Å². The molecule has 2 amide bonds. The summed E-state index contributed by atoms with van der Waals surface area (Å²) in [5, 5.41) is 5.15. The van der Waals surface area contributed by atoms with E-state index in [-0.39, 0.29) is 22.9 Å². The lowest BCUT2D eigenvalue weighted by molar-refractivity contribution is -0.120. The number of hydrogen-bond donors (Lipinski definition) is 2. The molecule has 0 heterocycles. The van der Waals surface area contributed by atoms with Crippen molar-refractivity contribution in [3.05, 3.63) is 29.8 Å². The molecule has 0 spiro atoms. The molecule has 0 aromatic heterocycles. The van der Waals surface area contributed by atoms with Crippen LogP contribution in [0.5, 0.6) is 0 Å². The largest absolute Gasteiger partial charge is 0.354 e. The Morgan fingerprint density at radius 3 is 2.39 bits per heavy atom. The zero-order valence-corrected chi connectivity index (χ0v) is 14.6. The van der Waals surface area contributed by atoms with Crippen LogP contribution in [0, 0.1) is 5.92 Å². The highest BCUT2D eigenvalue weighted by Crippen LogP contribution is 2.14. The second-order valence-electron chi connectivity index (χ2n) is 5.70. The smallest absolute Gasteiger partial charge is 0.251 e. The van der Waals surface area contributed by atoms with Crippen LogP contribution in [0.3, 0.4) is 0 Å². The molecule has 0 aliphatic heterocycles. The fraction of sp³-hybridized carbons (Fsp3) is 0.467. The Balaban J connectivity index is 2.73. The number of nitrogens with one attached hydrogen (secondary N) is 2. The standard InChI is InChI=1S/C15H23N3O4S/c1-11(2)9-16-14(19)10-17-15(20)12-6-5-7-13(8-12)23(21,22)18(3)4/h5-8,11H,9-10H2,1-4H3,(H,16,19)(H,17,20). The first-order valence-corrected chi connectivity index (χ1v) is 8.66. The average molecular weight is 341 g/mol. The summed E-state index contributed by atoms with van der Waals surface area (Å²) < 4.78 is 25.2. The van der Waals surface area contributed by atoms with E-state index in [0.29, 0.717) is 12.5 Å². The van der Waals surface area contributed by atoms with Crippen LogP contribution in [-0.4, -0.2) is 51.7 Å². The Morgan fingerprint density at radius 1 is 1.17 bits per heavy atom. The maximum Gasteiger partial charge on any atom is 0.251 e. The first-order chi connectivity index (χ1) is 10.6. The van der Waals surface area contributed by atoms with Crippen LogP contribution >= 0.6 is 0 Å². The molecule has 0 bridgehead atoms. The molecule has 7 nitrogen and oxygen atoms in total. The molecule has 0 saturated heterocycles. The third kappa shape index (κ3) is 5.65. The van der Waals surface area contributed by atoms with Gasteiger partial charge in [-0.15, -0.1) is 0 Å². The number of carbonyl (C=O) groups excluding carboxylic acids is 2. The van der Waals surface area contributed by atoms with Gasteiger partial charge in [-0.25, -0.2) is 12.7 Å². The van der Waals surface area contributed by atoms with Crippen molar-refractivity contribution in [2.75, 3.05) is 27.2 Å². The van der Waals surface area contributed by atoms with E-state index in [4.69, 9.17) is 0 Å². The van der Waals surface area contributed by atoms with Crippen molar-refractivity contribution in [2.24, 2.45) is 5.92 Å². The molecule has 0 aliphatic rings. The molecule has 0 saturated carbocycles. The Bertz CT molecular complexity index is 669. The minimum atomic E-state index is -3.61. The molecule has 0 fully saturated rings. The van der Waals surface area contributed by atoms with Gasteiger partial charge in [-0.05, 0) is 24.1 Å². The number of rotatable bonds is 7. The van der Waals surface area contributed by atoms with Crippen LogP contribution in [0.1, 0.15) is 24.2 Å². The van der Waals surface area contributed by atoms with Crippen LogP contribution in [0.4, 0.5) is 0 Å². The fourth-order valence-corrected chi connectivity index (χ4v) is 2.60. The summed E-state index contributed by atoms with van der Waals surface area (Å²) >= 11 is 0. The summed E-state index contributed by atoms with van der Waals surface area (Å²) in [4.78, 5) is 23.6. The van der Waals surface area contributed by atoms with E-state index < -0.39 is 15.9 Å². The van der Waals surface area contributed by atoms with Gasteiger partial charge in [0.2, 0.25) is 15.9 Å².